The van der Waals surface area contributed by atoms with E-state index in [0.717, 1.165) is 60.7 Å². The number of hydrogen-bond donors (Lipinski definition) is 0. The highest BCUT2D eigenvalue weighted by Gasteiger charge is 2.42. The highest BCUT2D eigenvalue weighted by molar-refractivity contribution is 5.73. The largest absolute Gasteiger partial charge is 0.497 e. The van der Waals surface area contributed by atoms with E-state index in [-0.39, 0.29) is 35.7 Å². The second-order valence-electron chi connectivity index (χ2n) is 9.83. The van der Waals surface area contributed by atoms with E-state index in [4.69, 9.17) is 9.47 Å². The number of hydrogen-bond acceptors (Lipinski definition) is 5. The van der Waals surface area contributed by atoms with Crippen LogP contribution in [0, 0.1) is 11.6 Å². The number of esters is 1. The number of rotatable bonds is 8. The molecule has 0 radical (unpaired) electrons. The van der Waals surface area contributed by atoms with Gasteiger partial charge in [-0.15, -0.1) is 0 Å². The quantitative estimate of drug-likeness (QED) is 0.332. The molecule has 0 aliphatic carbocycles. The van der Waals surface area contributed by atoms with E-state index in [2.05, 4.69) is 9.80 Å². The third-order valence-electron chi connectivity index (χ3n) is 7.48. The Morgan fingerprint density at radius 3 is 2.46 bits per heavy atom. The maximum Gasteiger partial charge on any atom is 0.303 e. The number of carbonyl (C=O) groups excluding carboxylic acids is 1. The highest BCUT2D eigenvalue weighted by atomic mass is 19.1. The van der Waals surface area contributed by atoms with Gasteiger partial charge < -0.3 is 19.3 Å². The van der Waals surface area contributed by atoms with E-state index in [9.17, 15) is 13.6 Å². The number of nitrogens with zero attached hydrogens (tertiary/aromatic N) is 2. The maximum atomic E-state index is 14.3. The van der Waals surface area contributed by atoms with Crippen LogP contribution in [-0.2, 0) is 9.53 Å². The molecule has 37 heavy (non-hydrogen) atoms. The predicted octanol–water partition coefficient (Wildman–Crippen LogP) is 6.37. The molecule has 0 bridgehead atoms. The van der Waals surface area contributed by atoms with Gasteiger partial charge in [-0.1, -0.05) is 12.1 Å². The Morgan fingerprint density at radius 1 is 1.03 bits per heavy atom. The second kappa shape index (κ2) is 10.9. The fourth-order valence-electron chi connectivity index (χ4n) is 5.79. The molecule has 0 amide bonds. The van der Waals surface area contributed by atoms with Crippen LogP contribution in [-0.4, -0.2) is 43.7 Å². The number of carbonyl (C=O) groups is 1. The molecule has 0 spiro atoms. The molecule has 3 atom stereocenters. The third-order valence-corrected chi connectivity index (χ3v) is 7.48. The first-order chi connectivity index (χ1) is 17.9. The monoisotopic (exact) mass is 506 g/mol. The minimum absolute atomic E-state index is 0.162. The summed E-state index contributed by atoms with van der Waals surface area (Å²) >= 11 is 0. The van der Waals surface area contributed by atoms with Gasteiger partial charge in [0, 0.05) is 43.3 Å². The number of ether oxygens (including phenoxy) is 2. The Morgan fingerprint density at radius 2 is 1.76 bits per heavy atom. The summed E-state index contributed by atoms with van der Waals surface area (Å²) in [7, 11) is 1.62. The third kappa shape index (κ3) is 5.47. The van der Waals surface area contributed by atoms with Crippen molar-refractivity contribution < 1.29 is 23.0 Å². The van der Waals surface area contributed by atoms with Crippen LogP contribution >= 0.6 is 0 Å². The minimum Gasteiger partial charge on any atom is -0.497 e. The van der Waals surface area contributed by atoms with Gasteiger partial charge >= 0.3 is 5.97 Å². The van der Waals surface area contributed by atoms with Crippen molar-refractivity contribution in [3.8, 4) is 5.75 Å². The number of fused-ring (bicyclic) bond motifs is 3. The molecule has 1 saturated heterocycles. The Labute approximate surface area is 216 Å². The van der Waals surface area contributed by atoms with E-state index < -0.39 is 0 Å². The fraction of sp³-hybridized carbons (Fsp3) is 0.367. The van der Waals surface area contributed by atoms with Crippen molar-refractivity contribution in [2.45, 2.75) is 44.2 Å². The lowest BCUT2D eigenvalue weighted by Crippen LogP contribution is -2.45. The zero-order valence-corrected chi connectivity index (χ0v) is 21.2. The van der Waals surface area contributed by atoms with E-state index >= 15 is 0 Å². The molecule has 3 aromatic rings. The number of benzene rings is 3. The Kier molecular flexibility index (Phi) is 7.42. The van der Waals surface area contributed by atoms with Crippen LogP contribution in [0.15, 0.2) is 66.7 Å². The lowest BCUT2D eigenvalue weighted by atomic mass is 9.88. The first-order valence-corrected chi connectivity index (χ1v) is 12.8. The Hall–Kier alpha value is -3.45. The number of likely N-dealkylation sites (tertiary alicyclic amines) is 1. The van der Waals surface area contributed by atoms with Crippen LogP contribution in [0.1, 0.15) is 49.3 Å². The summed E-state index contributed by atoms with van der Waals surface area (Å²) < 4.78 is 38.7. The van der Waals surface area contributed by atoms with Crippen LogP contribution in [0.4, 0.5) is 20.2 Å². The lowest BCUT2D eigenvalue weighted by Gasteiger charge is -2.39. The molecule has 0 saturated carbocycles. The van der Waals surface area contributed by atoms with Crippen molar-refractivity contribution in [1.82, 2.24) is 4.90 Å². The molecule has 0 N–H and O–H groups in total. The van der Waals surface area contributed by atoms with Crippen molar-refractivity contribution in [3.05, 3.63) is 89.5 Å². The summed E-state index contributed by atoms with van der Waals surface area (Å²) in [6, 6.07) is 19.4. The van der Waals surface area contributed by atoms with Gasteiger partial charge in [-0.2, -0.15) is 0 Å². The van der Waals surface area contributed by atoms with E-state index in [1.54, 1.807) is 25.3 Å². The van der Waals surface area contributed by atoms with Gasteiger partial charge in [0.05, 0.1) is 7.11 Å². The van der Waals surface area contributed by atoms with Gasteiger partial charge in [-0.3, -0.25) is 4.79 Å². The molecule has 194 valence electrons. The summed E-state index contributed by atoms with van der Waals surface area (Å²) in [6.45, 7) is 4.03. The number of piperidine rings is 1. The first-order valence-electron chi connectivity index (χ1n) is 12.8. The van der Waals surface area contributed by atoms with Gasteiger partial charge in [0.1, 0.15) is 23.5 Å². The maximum absolute atomic E-state index is 14.3. The van der Waals surface area contributed by atoms with Crippen molar-refractivity contribution >= 4 is 17.3 Å². The SMILES string of the molecule is COc1ccc(C(CCCN2CCC3C(C2)c2cc(F)ccc2N3c2ccc(F)cc2)OC(C)=O)cc1. The smallest absolute Gasteiger partial charge is 0.303 e. The molecule has 7 heteroatoms. The molecule has 2 aliphatic rings. The van der Waals surface area contributed by atoms with Gasteiger partial charge in [-0.25, -0.2) is 8.78 Å². The Bertz CT molecular complexity index is 1230. The second-order valence-corrected chi connectivity index (χ2v) is 9.83. The standard InChI is InChI=1S/C30H32F2N2O3/c1-20(35)37-30(21-5-12-25(36-2)13-6-21)4-3-16-33-17-15-29-27(19-33)26-18-23(32)9-14-28(26)34(29)24-10-7-22(31)8-11-24/h5-14,18,27,29-30H,3-4,15-17,19H2,1-2H3. The van der Waals surface area contributed by atoms with Crippen LogP contribution in [0.2, 0.25) is 0 Å². The van der Waals surface area contributed by atoms with Crippen LogP contribution < -0.4 is 9.64 Å². The van der Waals surface area contributed by atoms with Crippen LogP contribution in [0.25, 0.3) is 0 Å². The van der Waals surface area contributed by atoms with Gasteiger partial charge in [0.25, 0.3) is 0 Å². The van der Waals surface area contributed by atoms with Crippen LogP contribution in [0.3, 0.4) is 0 Å². The number of halogens is 2. The summed E-state index contributed by atoms with van der Waals surface area (Å²) in [5, 5.41) is 0. The van der Waals surface area contributed by atoms with Crippen molar-refractivity contribution in [2.75, 3.05) is 31.6 Å². The Balaban J connectivity index is 1.27. The molecule has 3 aromatic carbocycles. The lowest BCUT2D eigenvalue weighted by molar-refractivity contribution is -0.147. The van der Waals surface area contributed by atoms with Crippen molar-refractivity contribution in [3.63, 3.8) is 0 Å². The molecule has 0 aromatic heterocycles. The number of methoxy groups -OCH3 is 1. The molecule has 5 nitrogen and oxygen atoms in total. The van der Waals surface area contributed by atoms with Gasteiger partial charge in [0.15, 0.2) is 0 Å². The normalized spacial score (nSPS) is 19.7. The minimum atomic E-state index is -0.309. The molecular weight excluding hydrogens is 474 g/mol. The summed E-state index contributed by atoms with van der Waals surface area (Å²) in [5.74, 6) is 0.119. The number of anilines is 2. The molecule has 1 fully saturated rings. The van der Waals surface area contributed by atoms with E-state index in [1.165, 1.54) is 25.1 Å². The molecule has 2 aliphatic heterocycles. The topological polar surface area (TPSA) is 42.0 Å². The van der Waals surface area contributed by atoms with E-state index in [0.29, 0.717) is 6.42 Å². The summed E-state index contributed by atoms with van der Waals surface area (Å²) in [6.07, 6.45) is 2.18. The van der Waals surface area contributed by atoms with Crippen molar-refractivity contribution in [1.29, 1.82) is 0 Å². The van der Waals surface area contributed by atoms with E-state index in [1.807, 2.05) is 30.3 Å². The summed E-state index contributed by atoms with van der Waals surface area (Å²) in [5.41, 5.74) is 3.89. The summed E-state index contributed by atoms with van der Waals surface area (Å²) in [4.78, 5) is 16.4. The molecular formula is C30H32F2N2O3. The van der Waals surface area contributed by atoms with Crippen LogP contribution in [0.5, 0.6) is 5.75 Å². The zero-order valence-electron chi connectivity index (χ0n) is 21.2. The molecule has 3 unspecified atom stereocenters. The average Bonchev–Trinajstić information content (AvgIpc) is 3.21. The van der Waals surface area contributed by atoms with Gasteiger partial charge in [0.2, 0.25) is 0 Å². The molecule has 5 rings (SSSR count). The first kappa shape index (κ1) is 25.2. The molecule has 2 heterocycles. The average molecular weight is 507 g/mol. The van der Waals surface area contributed by atoms with Crippen molar-refractivity contribution in [2.24, 2.45) is 0 Å². The predicted molar refractivity (Wildman–Crippen MR) is 139 cm³/mol. The highest BCUT2D eigenvalue weighted by Crippen LogP contribution is 2.48. The van der Waals surface area contributed by atoms with Gasteiger partial charge in [-0.05, 0) is 91.5 Å². The zero-order chi connectivity index (χ0) is 25.9. The fourth-order valence-corrected chi connectivity index (χ4v) is 5.79.